The van der Waals surface area contributed by atoms with E-state index in [0.29, 0.717) is 23.0 Å². The molecule has 2 heterocycles. The minimum absolute atomic E-state index is 0.0611. The Labute approximate surface area is 164 Å². The molecule has 0 spiro atoms. The van der Waals surface area contributed by atoms with Crippen molar-refractivity contribution in [3.8, 4) is 0 Å². The molecule has 144 valence electrons. The van der Waals surface area contributed by atoms with Crippen LogP contribution in [-0.4, -0.2) is 33.2 Å². The summed E-state index contributed by atoms with van der Waals surface area (Å²) in [4.78, 5) is 27.9. The van der Waals surface area contributed by atoms with Crippen molar-refractivity contribution in [3.05, 3.63) is 76.2 Å². The summed E-state index contributed by atoms with van der Waals surface area (Å²) in [7, 11) is 0. The topological polar surface area (TPSA) is 55.2 Å². The average molecular weight is 375 g/mol. The van der Waals surface area contributed by atoms with Gasteiger partial charge in [0, 0.05) is 24.5 Å². The molecule has 0 aliphatic carbocycles. The van der Waals surface area contributed by atoms with Crippen molar-refractivity contribution in [2.75, 3.05) is 6.54 Å². The van der Waals surface area contributed by atoms with E-state index < -0.39 is 0 Å². The third-order valence-electron chi connectivity index (χ3n) is 5.62. The van der Waals surface area contributed by atoms with Gasteiger partial charge in [0.2, 0.25) is 0 Å². The summed E-state index contributed by atoms with van der Waals surface area (Å²) in [5.41, 5.74) is 1.55. The van der Waals surface area contributed by atoms with E-state index in [2.05, 4.69) is 29.4 Å². The fraction of sp³-hybridized carbons (Fsp3) is 0.348. The molecule has 28 heavy (non-hydrogen) atoms. The quantitative estimate of drug-likeness (QED) is 0.684. The Balaban J connectivity index is 1.63. The highest BCUT2D eigenvalue weighted by atomic mass is 16.2. The van der Waals surface area contributed by atoms with Crippen LogP contribution >= 0.6 is 0 Å². The first-order valence-electron chi connectivity index (χ1n) is 10.0. The summed E-state index contributed by atoms with van der Waals surface area (Å²) in [5, 5.41) is 5.64. The fourth-order valence-corrected chi connectivity index (χ4v) is 4.12. The van der Waals surface area contributed by atoms with Crippen LogP contribution < -0.4 is 5.56 Å². The summed E-state index contributed by atoms with van der Waals surface area (Å²) in [6.45, 7) is 3.07. The molecular formula is C23H25N3O2. The van der Waals surface area contributed by atoms with E-state index >= 15 is 0 Å². The van der Waals surface area contributed by atoms with Crippen LogP contribution in [-0.2, 0) is 13.0 Å². The van der Waals surface area contributed by atoms with Crippen molar-refractivity contribution in [2.45, 2.75) is 45.2 Å². The molecule has 1 aromatic heterocycles. The Kier molecular flexibility index (Phi) is 5.24. The number of likely N-dealkylation sites (tertiary alicyclic amines) is 1. The number of fused-ring (bicyclic) bond motifs is 1. The van der Waals surface area contributed by atoms with Gasteiger partial charge in [-0.25, -0.2) is 4.68 Å². The van der Waals surface area contributed by atoms with Gasteiger partial charge in [0.25, 0.3) is 11.5 Å². The molecule has 0 bridgehead atoms. The summed E-state index contributed by atoms with van der Waals surface area (Å²) < 4.78 is 1.39. The Morgan fingerprint density at radius 2 is 1.79 bits per heavy atom. The van der Waals surface area contributed by atoms with Gasteiger partial charge in [-0.1, -0.05) is 48.5 Å². The van der Waals surface area contributed by atoms with Gasteiger partial charge in [-0.05, 0) is 44.2 Å². The van der Waals surface area contributed by atoms with Crippen molar-refractivity contribution < 1.29 is 4.79 Å². The molecule has 3 aromatic rings. The van der Waals surface area contributed by atoms with Crippen LogP contribution in [0.15, 0.2) is 59.4 Å². The highest BCUT2D eigenvalue weighted by molar-refractivity contribution is 6.05. The molecule has 1 fully saturated rings. The molecule has 1 aliphatic rings. The number of carbonyl (C=O) groups is 1. The van der Waals surface area contributed by atoms with Crippen LogP contribution in [0.3, 0.4) is 0 Å². The normalized spacial score (nSPS) is 16.6. The predicted octanol–water partition coefficient (Wildman–Crippen LogP) is 3.65. The number of nitrogens with zero attached hydrogens (tertiary/aromatic N) is 3. The minimum Gasteiger partial charge on any atom is -0.334 e. The van der Waals surface area contributed by atoms with Crippen LogP contribution in [0.2, 0.25) is 0 Å². The Morgan fingerprint density at radius 3 is 2.54 bits per heavy atom. The van der Waals surface area contributed by atoms with Gasteiger partial charge in [-0.2, -0.15) is 5.10 Å². The standard InChI is InChI=1S/C23H25N3O2/c1-2-26-22(27)20-13-7-6-12-19(20)21(24-26)23(28)25-16-8-11-18(25)15-14-17-9-4-3-5-10-17/h3-7,9-10,12-13,18H,2,8,11,14-16H2,1H3/t18-/m1/s1. The van der Waals surface area contributed by atoms with Gasteiger partial charge in [-0.3, -0.25) is 9.59 Å². The lowest BCUT2D eigenvalue weighted by atomic mass is 10.0. The Bertz CT molecular complexity index is 1040. The molecule has 5 heteroatoms. The molecule has 0 saturated carbocycles. The predicted molar refractivity (Wildman–Crippen MR) is 110 cm³/mol. The van der Waals surface area contributed by atoms with Gasteiger partial charge in [-0.15, -0.1) is 0 Å². The SMILES string of the molecule is CCn1nc(C(=O)N2CCC[C@@H]2CCc2ccccc2)c2ccccc2c1=O. The fourth-order valence-electron chi connectivity index (χ4n) is 4.12. The molecule has 1 aliphatic heterocycles. The third kappa shape index (κ3) is 3.44. The van der Waals surface area contributed by atoms with Gasteiger partial charge in [0.05, 0.1) is 5.39 Å². The maximum Gasteiger partial charge on any atom is 0.275 e. The second-order valence-electron chi connectivity index (χ2n) is 7.33. The molecule has 1 saturated heterocycles. The zero-order chi connectivity index (χ0) is 19.5. The van der Waals surface area contributed by atoms with E-state index in [0.717, 1.165) is 32.2 Å². The number of hydrogen-bond donors (Lipinski definition) is 0. The molecular weight excluding hydrogens is 350 g/mol. The highest BCUT2D eigenvalue weighted by Crippen LogP contribution is 2.25. The molecule has 1 amide bonds. The van der Waals surface area contributed by atoms with E-state index in [4.69, 9.17) is 0 Å². The number of carbonyl (C=O) groups excluding carboxylic acids is 1. The maximum atomic E-state index is 13.4. The van der Waals surface area contributed by atoms with Crippen molar-refractivity contribution in [1.29, 1.82) is 0 Å². The minimum atomic E-state index is -0.142. The number of rotatable bonds is 5. The van der Waals surface area contributed by atoms with Gasteiger partial charge >= 0.3 is 0 Å². The summed E-state index contributed by atoms with van der Waals surface area (Å²) in [5.74, 6) is -0.0611. The van der Waals surface area contributed by atoms with Crippen LogP contribution in [0.25, 0.3) is 10.8 Å². The van der Waals surface area contributed by atoms with Crippen molar-refractivity contribution in [3.63, 3.8) is 0 Å². The molecule has 4 rings (SSSR count). The molecule has 0 N–H and O–H groups in total. The van der Waals surface area contributed by atoms with E-state index in [1.165, 1.54) is 10.2 Å². The Hall–Kier alpha value is -2.95. The highest BCUT2D eigenvalue weighted by Gasteiger charge is 2.31. The van der Waals surface area contributed by atoms with Crippen LogP contribution in [0, 0.1) is 0 Å². The summed E-state index contributed by atoms with van der Waals surface area (Å²) in [6, 6.07) is 17.9. The second-order valence-corrected chi connectivity index (χ2v) is 7.33. The maximum absolute atomic E-state index is 13.4. The lowest BCUT2D eigenvalue weighted by Gasteiger charge is -2.25. The van der Waals surface area contributed by atoms with E-state index in [1.807, 2.05) is 36.1 Å². The average Bonchev–Trinajstić information content (AvgIpc) is 3.22. The number of aryl methyl sites for hydroxylation is 2. The van der Waals surface area contributed by atoms with Crippen LogP contribution in [0.5, 0.6) is 0 Å². The molecule has 2 aromatic carbocycles. The molecule has 5 nitrogen and oxygen atoms in total. The largest absolute Gasteiger partial charge is 0.334 e. The number of hydrogen-bond acceptors (Lipinski definition) is 3. The summed E-state index contributed by atoms with van der Waals surface area (Å²) in [6.07, 6.45) is 3.93. The lowest BCUT2D eigenvalue weighted by molar-refractivity contribution is 0.0724. The third-order valence-corrected chi connectivity index (χ3v) is 5.62. The number of amides is 1. The van der Waals surface area contributed by atoms with E-state index in [-0.39, 0.29) is 17.5 Å². The lowest BCUT2D eigenvalue weighted by Crippen LogP contribution is -2.38. The van der Waals surface area contributed by atoms with Crippen molar-refractivity contribution >= 4 is 16.7 Å². The number of benzene rings is 2. The van der Waals surface area contributed by atoms with Crippen molar-refractivity contribution in [2.24, 2.45) is 0 Å². The first kappa shape index (κ1) is 18.4. The zero-order valence-electron chi connectivity index (χ0n) is 16.2. The smallest absolute Gasteiger partial charge is 0.275 e. The molecule has 0 radical (unpaired) electrons. The van der Waals surface area contributed by atoms with Gasteiger partial charge in [0.1, 0.15) is 0 Å². The van der Waals surface area contributed by atoms with Gasteiger partial charge < -0.3 is 4.90 Å². The number of aromatic nitrogens is 2. The first-order valence-corrected chi connectivity index (χ1v) is 10.0. The van der Waals surface area contributed by atoms with E-state index in [9.17, 15) is 9.59 Å². The van der Waals surface area contributed by atoms with Crippen LogP contribution in [0.4, 0.5) is 0 Å². The monoisotopic (exact) mass is 375 g/mol. The zero-order valence-corrected chi connectivity index (χ0v) is 16.2. The van der Waals surface area contributed by atoms with E-state index in [1.54, 1.807) is 6.07 Å². The second kappa shape index (κ2) is 7.97. The van der Waals surface area contributed by atoms with Crippen molar-refractivity contribution in [1.82, 2.24) is 14.7 Å². The molecule has 0 unspecified atom stereocenters. The Morgan fingerprint density at radius 1 is 1.07 bits per heavy atom. The summed E-state index contributed by atoms with van der Waals surface area (Å²) >= 11 is 0. The first-order chi connectivity index (χ1) is 13.7. The van der Waals surface area contributed by atoms with Crippen LogP contribution in [0.1, 0.15) is 42.2 Å². The van der Waals surface area contributed by atoms with Gasteiger partial charge in [0.15, 0.2) is 5.69 Å². The molecule has 1 atom stereocenters.